The van der Waals surface area contributed by atoms with Gasteiger partial charge in [-0.2, -0.15) is 0 Å². The molecule has 3 aromatic rings. The fourth-order valence-corrected chi connectivity index (χ4v) is 4.23. The van der Waals surface area contributed by atoms with Gasteiger partial charge in [0.25, 0.3) is 0 Å². The molecule has 0 bridgehead atoms. The van der Waals surface area contributed by atoms with Gasteiger partial charge in [-0.25, -0.2) is 0 Å². The zero-order valence-electron chi connectivity index (χ0n) is 21.1. The highest BCUT2D eigenvalue weighted by molar-refractivity contribution is 6.42. The molecule has 0 aromatic heterocycles. The quantitative estimate of drug-likeness (QED) is 0.271. The van der Waals surface area contributed by atoms with Crippen LogP contribution in [0.15, 0.2) is 72.8 Å². The van der Waals surface area contributed by atoms with Crippen molar-refractivity contribution in [3.05, 3.63) is 94.0 Å². The molecule has 0 aliphatic carbocycles. The van der Waals surface area contributed by atoms with Crippen molar-refractivity contribution < 1.29 is 19.1 Å². The number of amides is 2. The molecule has 0 heterocycles. The number of nitrogens with zero attached hydrogens (tertiary/aromatic N) is 1. The topological polar surface area (TPSA) is 67.9 Å². The minimum absolute atomic E-state index is 0.142. The Kier molecular flexibility index (Phi) is 11.1. The van der Waals surface area contributed by atoms with E-state index >= 15 is 0 Å². The maximum absolute atomic E-state index is 13.5. The Bertz CT molecular complexity index is 1160. The molecular weight excluding hydrogens is 511 g/mol. The molecule has 0 radical (unpaired) electrons. The van der Waals surface area contributed by atoms with Crippen LogP contribution in [0.3, 0.4) is 0 Å². The normalized spacial score (nSPS) is 11.5. The van der Waals surface area contributed by atoms with Crippen LogP contribution < -0.4 is 14.8 Å². The lowest BCUT2D eigenvalue weighted by Crippen LogP contribution is -2.50. The minimum Gasteiger partial charge on any atom is -0.497 e. The molecule has 1 atom stereocenters. The number of ether oxygens (including phenoxy) is 2. The average molecular weight is 543 g/mol. The van der Waals surface area contributed by atoms with Gasteiger partial charge in [0.05, 0.1) is 23.8 Å². The molecule has 0 aliphatic rings. The van der Waals surface area contributed by atoms with Gasteiger partial charge in [-0.1, -0.05) is 59.6 Å². The predicted molar refractivity (Wildman–Crippen MR) is 147 cm³/mol. The summed E-state index contributed by atoms with van der Waals surface area (Å²) in [5.41, 5.74) is 1.76. The zero-order valence-corrected chi connectivity index (χ0v) is 22.6. The summed E-state index contributed by atoms with van der Waals surface area (Å²) in [5.74, 6) is 1.10. The number of halogens is 2. The van der Waals surface area contributed by atoms with Crippen LogP contribution in [0.4, 0.5) is 0 Å². The lowest BCUT2D eigenvalue weighted by atomic mass is 10.0. The van der Waals surface area contributed by atoms with Gasteiger partial charge in [0, 0.05) is 25.9 Å². The molecule has 196 valence electrons. The van der Waals surface area contributed by atoms with E-state index in [2.05, 4.69) is 5.32 Å². The first-order valence-corrected chi connectivity index (χ1v) is 13.0. The van der Waals surface area contributed by atoms with E-state index in [1.165, 1.54) is 0 Å². The molecule has 1 N–H and O–H groups in total. The molecule has 0 aliphatic heterocycles. The predicted octanol–water partition coefficient (Wildman–Crippen LogP) is 5.94. The second-order valence-electron chi connectivity index (χ2n) is 8.50. The summed E-state index contributed by atoms with van der Waals surface area (Å²) in [6.45, 7) is 2.92. The number of likely N-dealkylation sites (N-methyl/N-ethyl adjacent to an activating group) is 1. The molecule has 8 heteroatoms. The third-order valence-electron chi connectivity index (χ3n) is 5.82. The van der Waals surface area contributed by atoms with Crippen LogP contribution >= 0.6 is 23.2 Å². The van der Waals surface area contributed by atoms with Gasteiger partial charge in [-0.15, -0.1) is 0 Å². The average Bonchev–Trinajstić information content (AvgIpc) is 2.91. The van der Waals surface area contributed by atoms with E-state index in [1.54, 1.807) is 24.1 Å². The fourth-order valence-electron chi connectivity index (χ4n) is 3.91. The zero-order chi connectivity index (χ0) is 26.6. The summed E-state index contributed by atoms with van der Waals surface area (Å²) in [7, 11) is 1.61. The van der Waals surface area contributed by atoms with Crippen LogP contribution in [-0.2, 0) is 22.6 Å². The number of nitrogens with one attached hydrogen (secondary N) is 1. The second-order valence-corrected chi connectivity index (χ2v) is 9.31. The molecule has 3 aromatic carbocycles. The smallest absolute Gasteiger partial charge is 0.243 e. The van der Waals surface area contributed by atoms with E-state index in [4.69, 9.17) is 32.7 Å². The van der Waals surface area contributed by atoms with Crippen molar-refractivity contribution in [3.63, 3.8) is 0 Å². The van der Waals surface area contributed by atoms with E-state index in [1.807, 2.05) is 67.6 Å². The first kappa shape index (κ1) is 28.4. The summed E-state index contributed by atoms with van der Waals surface area (Å²) in [4.78, 5) is 28.4. The Labute approximate surface area is 228 Å². The van der Waals surface area contributed by atoms with Crippen LogP contribution in [0.5, 0.6) is 11.5 Å². The van der Waals surface area contributed by atoms with Gasteiger partial charge in [0.1, 0.15) is 17.5 Å². The molecule has 0 saturated carbocycles. The van der Waals surface area contributed by atoms with E-state index in [0.717, 1.165) is 16.9 Å². The van der Waals surface area contributed by atoms with E-state index in [0.29, 0.717) is 41.8 Å². The molecule has 0 spiro atoms. The summed E-state index contributed by atoms with van der Waals surface area (Å²) in [6.07, 6.45) is 1.11. The molecule has 2 amide bonds. The minimum atomic E-state index is -0.688. The number of methoxy groups -OCH3 is 1. The lowest BCUT2D eigenvalue weighted by Gasteiger charge is -2.31. The lowest BCUT2D eigenvalue weighted by molar-refractivity contribution is -0.141. The van der Waals surface area contributed by atoms with Crippen LogP contribution in [0.2, 0.25) is 10.0 Å². The monoisotopic (exact) mass is 542 g/mol. The Hall–Kier alpha value is -3.22. The molecule has 0 fully saturated rings. The fraction of sp³-hybridized carbons (Fsp3) is 0.310. The SMILES string of the molecule is CCNC(=O)[C@@H](Cc1ccccc1)N(Cc1ccc(Cl)c(Cl)c1)C(=O)CCCOc1ccc(OC)cc1. The molecular formula is C29H32Cl2N2O4. The third-order valence-corrected chi connectivity index (χ3v) is 6.56. The van der Waals surface area contributed by atoms with Crippen molar-refractivity contribution in [3.8, 4) is 11.5 Å². The van der Waals surface area contributed by atoms with Gasteiger partial charge < -0.3 is 19.7 Å². The van der Waals surface area contributed by atoms with Crippen LogP contribution in [-0.4, -0.2) is 43.0 Å². The molecule has 0 unspecified atom stereocenters. The molecule has 37 heavy (non-hydrogen) atoms. The van der Waals surface area contributed by atoms with Crippen molar-refractivity contribution in [2.24, 2.45) is 0 Å². The highest BCUT2D eigenvalue weighted by Gasteiger charge is 2.30. The maximum Gasteiger partial charge on any atom is 0.243 e. The molecule has 6 nitrogen and oxygen atoms in total. The van der Waals surface area contributed by atoms with E-state index in [9.17, 15) is 9.59 Å². The summed E-state index contributed by atoms with van der Waals surface area (Å²) in [5, 5.41) is 3.72. The Morgan fingerprint density at radius 3 is 2.27 bits per heavy atom. The Morgan fingerprint density at radius 1 is 0.919 bits per heavy atom. The summed E-state index contributed by atoms with van der Waals surface area (Å²) in [6, 6.07) is 21.5. The highest BCUT2D eigenvalue weighted by Crippen LogP contribution is 2.25. The molecule has 3 rings (SSSR count). The third kappa shape index (κ3) is 8.69. The number of rotatable bonds is 13. The Morgan fingerprint density at radius 2 is 1.62 bits per heavy atom. The van der Waals surface area contributed by atoms with Gasteiger partial charge in [0.15, 0.2) is 0 Å². The number of hydrogen-bond acceptors (Lipinski definition) is 4. The molecule has 0 saturated heterocycles. The largest absolute Gasteiger partial charge is 0.497 e. The van der Waals surface area contributed by atoms with Crippen LogP contribution in [0.25, 0.3) is 0 Å². The Balaban J connectivity index is 1.76. The second kappa shape index (κ2) is 14.5. The number of carbonyl (C=O) groups is 2. The first-order valence-electron chi connectivity index (χ1n) is 12.2. The van der Waals surface area contributed by atoms with Crippen molar-refractivity contribution in [2.45, 2.75) is 38.8 Å². The van der Waals surface area contributed by atoms with Crippen molar-refractivity contribution in [1.29, 1.82) is 0 Å². The first-order chi connectivity index (χ1) is 17.9. The summed E-state index contributed by atoms with van der Waals surface area (Å²) >= 11 is 12.3. The number of hydrogen-bond donors (Lipinski definition) is 1. The summed E-state index contributed by atoms with van der Waals surface area (Å²) < 4.78 is 11.0. The van der Waals surface area contributed by atoms with Crippen molar-refractivity contribution in [2.75, 3.05) is 20.3 Å². The van der Waals surface area contributed by atoms with Gasteiger partial charge >= 0.3 is 0 Å². The van der Waals surface area contributed by atoms with Gasteiger partial charge in [-0.05, 0) is 60.9 Å². The number of carbonyl (C=O) groups excluding carboxylic acids is 2. The van der Waals surface area contributed by atoms with Gasteiger partial charge in [-0.3, -0.25) is 9.59 Å². The van der Waals surface area contributed by atoms with Gasteiger partial charge in [0.2, 0.25) is 11.8 Å². The van der Waals surface area contributed by atoms with E-state index < -0.39 is 6.04 Å². The van der Waals surface area contributed by atoms with Crippen molar-refractivity contribution in [1.82, 2.24) is 10.2 Å². The van der Waals surface area contributed by atoms with Crippen molar-refractivity contribution >= 4 is 35.0 Å². The highest BCUT2D eigenvalue weighted by atomic mass is 35.5. The standard InChI is InChI=1S/C29H32Cl2N2O4/c1-3-32-29(35)27(19-21-8-5-4-6-9-21)33(20-22-11-16-25(30)26(31)18-22)28(34)10-7-17-37-24-14-12-23(36-2)13-15-24/h4-6,8-9,11-16,18,27H,3,7,10,17,19-20H2,1-2H3,(H,32,35)/t27-/m1/s1. The van der Waals surface area contributed by atoms with E-state index in [-0.39, 0.29) is 24.8 Å². The number of benzene rings is 3. The van der Waals surface area contributed by atoms with Crippen LogP contribution in [0.1, 0.15) is 30.9 Å². The maximum atomic E-state index is 13.5. The van der Waals surface area contributed by atoms with Crippen LogP contribution in [0, 0.1) is 0 Å².